The van der Waals surface area contributed by atoms with E-state index in [-0.39, 0.29) is 36.4 Å². The molecule has 0 spiro atoms. The largest absolute Gasteiger partial charge is 0.497 e. The Bertz CT molecular complexity index is 1470. The summed E-state index contributed by atoms with van der Waals surface area (Å²) in [6.45, 7) is 3.02. The van der Waals surface area contributed by atoms with Crippen molar-refractivity contribution in [3.63, 3.8) is 0 Å². The van der Waals surface area contributed by atoms with Gasteiger partial charge in [-0.1, -0.05) is 0 Å². The second-order valence-electron chi connectivity index (χ2n) is 9.43. The third-order valence-corrected chi connectivity index (χ3v) is 6.80. The lowest BCUT2D eigenvalue weighted by Gasteiger charge is -2.34. The third kappa shape index (κ3) is 6.84. The van der Waals surface area contributed by atoms with Gasteiger partial charge in [0.05, 0.1) is 14.2 Å². The van der Waals surface area contributed by atoms with Crippen LogP contribution in [-0.2, 0) is 20.9 Å². The number of aromatic nitrogens is 2. The van der Waals surface area contributed by atoms with E-state index in [0.29, 0.717) is 61.2 Å². The van der Waals surface area contributed by atoms with Crippen LogP contribution < -0.4 is 18.9 Å². The molecule has 218 valence electrons. The van der Waals surface area contributed by atoms with Crippen LogP contribution in [0.5, 0.6) is 23.1 Å². The second-order valence-corrected chi connectivity index (χ2v) is 9.43. The number of hydrogen-bond acceptors (Lipinski definition) is 11. The molecule has 1 fully saturated rings. The van der Waals surface area contributed by atoms with Gasteiger partial charge in [-0.15, -0.1) is 0 Å². The molecule has 1 aromatic heterocycles. The number of piperazine rings is 1. The molecule has 12 nitrogen and oxygen atoms in total. The van der Waals surface area contributed by atoms with Crippen LogP contribution in [0, 0.1) is 0 Å². The van der Waals surface area contributed by atoms with Gasteiger partial charge < -0.3 is 28.6 Å². The summed E-state index contributed by atoms with van der Waals surface area (Å²) in [7, 11) is 3.16. The fourth-order valence-electron chi connectivity index (χ4n) is 4.46. The molecule has 0 atom stereocenters. The molecule has 3 heterocycles. The van der Waals surface area contributed by atoms with Gasteiger partial charge in [0.25, 0.3) is 11.8 Å². The number of benzene rings is 2. The molecule has 3 aromatic rings. The molecule has 2 aromatic carbocycles. The van der Waals surface area contributed by atoms with Crippen LogP contribution in [0.3, 0.4) is 0 Å². The number of carbonyl (C=O) groups is 3. The van der Waals surface area contributed by atoms with Gasteiger partial charge >= 0.3 is 11.9 Å². The fraction of sp³-hybridized carbons (Fsp3) is 0.300. The van der Waals surface area contributed by atoms with Crippen molar-refractivity contribution >= 4 is 17.8 Å². The van der Waals surface area contributed by atoms with E-state index in [2.05, 4.69) is 14.9 Å². The zero-order valence-electron chi connectivity index (χ0n) is 23.3. The van der Waals surface area contributed by atoms with Gasteiger partial charge in [-0.05, 0) is 48.5 Å². The third-order valence-electron chi connectivity index (χ3n) is 6.80. The SMILES string of the molecule is COc1ccc(C(=O)N2CCN(CCOc3nc(-c4ccc(OC)cc4)nc4c3OC(=O)/C=C\C(=O)OC4)CC2)cc1. The van der Waals surface area contributed by atoms with E-state index in [4.69, 9.17) is 23.7 Å². The minimum atomic E-state index is -0.779. The molecule has 0 radical (unpaired) electrons. The Labute approximate surface area is 242 Å². The van der Waals surface area contributed by atoms with Crippen LogP contribution in [0.15, 0.2) is 60.7 Å². The van der Waals surface area contributed by atoms with E-state index in [9.17, 15) is 14.4 Å². The Morgan fingerprint density at radius 1 is 0.857 bits per heavy atom. The number of cyclic esters (lactones) is 1. The van der Waals surface area contributed by atoms with Gasteiger partial charge in [-0.25, -0.2) is 14.6 Å². The van der Waals surface area contributed by atoms with E-state index in [0.717, 1.165) is 12.2 Å². The highest BCUT2D eigenvalue weighted by Gasteiger charge is 2.25. The van der Waals surface area contributed by atoms with Crippen LogP contribution in [0.2, 0.25) is 0 Å². The maximum absolute atomic E-state index is 12.9. The molecule has 0 N–H and O–H groups in total. The van der Waals surface area contributed by atoms with Crippen molar-refractivity contribution in [2.75, 3.05) is 53.6 Å². The normalized spacial score (nSPS) is 16.2. The van der Waals surface area contributed by atoms with Gasteiger partial charge in [0.1, 0.15) is 30.4 Å². The van der Waals surface area contributed by atoms with Crippen LogP contribution in [0.1, 0.15) is 16.1 Å². The number of ether oxygens (including phenoxy) is 5. The minimum Gasteiger partial charge on any atom is -0.497 e. The summed E-state index contributed by atoms with van der Waals surface area (Å²) in [6, 6.07) is 14.2. The summed E-state index contributed by atoms with van der Waals surface area (Å²) in [5, 5.41) is 0. The summed E-state index contributed by atoms with van der Waals surface area (Å²) in [5.41, 5.74) is 1.48. The molecule has 5 rings (SSSR count). The molecule has 12 heteroatoms. The van der Waals surface area contributed by atoms with E-state index in [1.54, 1.807) is 62.8 Å². The Balaban J connectivity index is 1.26. The lowest BCUT2D eigenvalue weighted by molar-refractivity contribution is -0.139. The lowest BCUT2D eigenvalue weighted by atomic mass is 10.1. The van der Waals surface area contributed by atoms with Crippen LogP contribution >= 0.6 is 0 Å². The number of nitrogens with zero attached hydrogens (tertiary/aromatic N) is 4. The zero-order chi connectivity index (χ0) is 29.5. The maximum atomic E-state index is 12.9. The Kier molecular flexibility index (Phi) is 8.93. The average molecular weight is 575 g/mol. The predicted molar refractivity (Wildman–Crippen MR) is 149 cm³/mol. The maximum Gasteiger partial charge on any atom is 0.336 e. The molecule has 2 aliphatic rings. The quantitative estimate of drug-likeness (QED) is 0.368. The first kappa shape index (κ1) is 28.6. The summed E-state index contributed by atoms with van der Waals surface area (Å²) in [5.74, 6) is 0.215. The Morgan fingerprint density at radius 3 is 2.17 bits per heavy atom. The van der Waals surface area contributed by atoms with Crippen molar-refractivity contribution in [3.8, 4) is 34.5 Å². The van der Waals surface area contributed by atoms with E-state index in [1.165, 1.54) is 0 Å². The van der Waals surface area contributed by atoms with Crippen molar-refractivity contribution < 1.29 is 38.1 Å². The summed E-state index contributed by atoms with van der Waals surface area (Å²) >= 11 is 0. The van der Waals surface area contributed by atoms with Crippen molar-refractivity contribution in [1.82, 2.24) is 19.8 Å². The Hall–Kier alpha value is -4.97. The number of methoxy groups -OCH3 is 2. The van der Waals surface area contributed by atoms with Gasteiger partial charge in [-0.2, -0.15) is 4.98 Å². The zero-order valence-corrected chi connectivity index (χ0v) is 23.3. The summed E-state index contributed by atoms with van der Waals surface area (Å²) in [4.78, 5) is 50.2. The fourth-order valence-corrected chi connectivity index (χ4v) is 4.46. The van der Waals surface area contributed by atoms with E-state index >= 15 is 0 Å². The molecule has 1 saturated heterocycles. The van der Waals surface area contributed by atoms with Gasteiger partial charge in [-0.3, -0.25) is 9.69 Å². The minimum absolute atomic E-state index is 0.00785. The van der Waals surface area contributed by atoms with Crippen LogP contribution in [0.4, 0.5) is 0 Å². The molecule has 42 heavy (non-hydrogen) atoms. The number of fused-ring (bicyclic) bond motifs is 1. The lowest BCUT2D eigenvalue weighted by Crippen LogP contribution is -2.49. The molecular weight excluding hydrogens is 544 g/mol. The molecular formula is C30H30N4O8. The summed E-state index contributed by atoms with van der Waals surface area (Å²) in [6.07, 6.45) is 1.97. The smallest absolute Gasteiger partial charge is 0.336 e. The predicted octanol–water partition coefficient (Wildman–Crippen LogP) is 2.52. The van der Waals surface area contributed by atoms with Crippen molar-refractivity contribution in [2.45, 2.75) is 6.61 Å². The molecule has 0 aliphatic carbocycles. The topological polar surface area (TPSA) is 130 Å². The number of hydrogen-bond donors (Lipinski definition) is 0. The second kappa shape index (κ2) is 13.1. The van der Waals surface area contributed by atoms with Crippen LogP contribution in [0.25, 0.3) is 11.4 Å². The number of amides is 1. The van der Waals surface area contributed by atoms with Crippen LogP contribution in [-0.4, -0.2) is 91.2 Å². The standard InChI is InChI=1S/C30H30N4O8/c1-38-22-7-3-20(4-8-22)28-31-24-19-41-25(35)11-12-26(36)42-27(24)29(32-28)40-18-17-33-13-15-34(16-14-33)30(37)21-5-9-23(39-2)10-6-21/h3-12H,13-19H2,1-2H3/b12-11-. The molecule has 0 bridgehead atoms. The van der Waals surface area contributed by atoms with Crippen molar-refractivity contribution in [1.29, 1.82) is 0 Å². The first-order chi connectivity index (χ1) is 20.4. The number of rotatable bonds is 8. The monoisotopic (exact) mass is 574 g/mol. The molecule has 1 amide bonds. The van der Waals surface area contributed by atoms with Crippen molar-refractivity contribution in [2.24, 2.45) is 0 Å². The highest BCUT2D eigenvalue weighted by Crippen LogP contribution is 2.33. The van der Waals surface area contributed by atoms with Gasteiger partial charge in [0, 0.05) is 56.0 Å². The van der Waals surface area contributed by atoms with Gasteiger partial charge in [0.2, 0.25) is 5.75 Å². The Morgan fingerprint density at radius 2 is 1.50 bits per heavy atom. The van der Waals surface area contributed by atoms with E-state index in [1.807, 2.05) is 4.90 Å². The number of esters is 2. The highest BCUT2D eigenvalue weighted by atomic mass is 16.6. The highest BCUT2D eigenvalue weighted by molar-refractivity contribution is 5.94. The molecule has 2 aliphatic heterocycles. The number of carbonyl (C=O) groups excluding carboxylic acids is 3. The van der Waals surface area contributed by atoms with E-state index < -0.39 is 11.9 Å². The first-order valence-corrected chi connectivity index (χ1v) is 13.3. The van der Waals surface area contributed by atoms with Crippen molar-refractivity contribution in [3.05, 3.63) is 71.9 Å². The molecule has 0 saturated carbocycles. The average Bonchev–Trinajstić information content (AvgIpc) is 3.10. The summed E-state index contributed by atoms with van der Waals surface area (Å²) < 4.78 is 27.1. The first-order valence-electron chi connectivity index (χ1n) is 13.3. The molecule has 0 unspecified atom stereocenters. The van der Waals surface area contributed by atoms with Gasteiger partial charge in [0.15, 0.2) is 5.82 Å².